The number of anilines is 5. The quantitative estimate of drug-likeness (QED) is 0.474. The molecule has 1 fully saturated rings. The van der Waals surface area contributed by atoms with Crippen LogP contribution in [0.15, 0.2) is 54.9 Å². The zero-order chi connectivity index (χ0) is 23.0. The number of amides is 2. The molecule has 2 amide bonds. The summed E-state index contributed by atoms with van der Waals surface area (Å²) >= 11 is 0. The Morgan fingerprint density at radius 1 is 0.879 bits per heavy atom. The van der Waals surface area contributed by atoms with Crippen LogP contribution in [0.3, 0.4) is 0 Å². The van der Waals surface area contributed by atoms with Gasteiger partial charge in [0.2, 0.25) is 0 Å². The second kappa shape index (κ2) is 10.5. The second-order valence-electron chi connectivity index (χ2n) is 7.65. The van der Waals surface area contributed by atoms with Crippen molar-refractivity contribution in [2.24, 2.45) is 0 Å². The third kappa shape index (κ3) is 5.82. The van der Waals surface area contributed by atoms with Crippen LogP contribution in [0.1, 0.15) is 19.3 Å². The maximum Gasteiger partial charge on any atom is 0.324 e. The van der Waals surface area contributed by atoms with Crippen LogP contribution in [0.25, 0.3) is 0 Å². The molecule has 1 aromatic heterocycles. The number of carbonyl (C=O) groups excluding carboxylic acids is 1. The molecule has 0 unspecified atom stereocenters. The molecule has 0 bridgehead atoms. The van der Waals surface area contributed by atoms with E-state index in [1.54, 1.807) is 31.4 Å². The minimum absolute atomic E-state index is 0.358. The number of piperidine rings is 1. The number of methoxy groups -OCH3 is 2. The standard InChI is InChI=1S/C24H28N6O3/c1-32-19-10-11-21(33-2)20(14-19)28-24(31)29-23-15-22(25-16-26-23)27-17-6-8-18(9-7-17)30-12-4-3-5-13-30/h6-11,14-16H,3-5,12-13H2,1-2H3,(H3,25,26,27,28,29,31). The van der Waals surface area contributed by atoms with Crippen molar-refractivity contribution < 1.29 is 14.3 Å². The molecular formula is C24H28N6O3. The van der Waals surface area contributed by atoms with Gasteiger partial charge in [0, 0.05) is 36.6 Å². The van der Waals surface area contributed by atoms with Crippen LogP contribution in [0.4, 0.5) is 33.5 Å². The van der Waals surface area contributed by atoms with Crippen molar-refractivity contribution >= 4 is 34.7 Å². The average Bonchev–Trinajstić information content (AvgIpc) is 2.85. The Kier molecular flexibility index (Phi) is 7.09. The fourth-order valence-electron chi connectivity index (χ4n) is 3.73. The van der Waals surface area contributed by atoms with Crippen molar-refractivity contribution in [3.63, 3.8) is 0 Å². The van der Waals surface area contributed by atoms with Gasteiger partial charge in [-0.25, -0.2) is 14.8 Å². The first-order chi connectivity index (χ1) is 16.1. The van der Waals surface area contributed by atoms with E-state index in [1.165, 1.54) is 38.4 Å². The zero-order valence-electron chi connectivity index (χ0n) is 18.8. The van der Waals surface area contributed by atoms with E-state index in [1.807, 2.05) is 12.1 Å². The van der Waals surface area contributed by atoms with E-state index in [4.69, 9.17) is 9.47 Å². The van der Waals surface area contributed by atoms with Crippen molar-refractivity contribution in [3.8, 4) is 11.5 Å². The summed E-state index contributed by atoms with van der Waals surface area (Å²) in [6.45, 7) is 2.22. The zero-order valence-corrected chi connectivity index (χ0v) is 18.8. The molecule has 4 rings (SSSR count). The maximum atomic E-state index is 12.5. The van der Waals surface area contributed by atoms with Crippen LogP contribution in [0.5, 0.6) is 11.5 Å². The van der Waals surface area contributed by atoms with Crippen LogP contribution in [0.2, 0.25) is 0 Å². The van der Waals surface area contributed by atoms with E-state index in [0.717, 1.165) is 18.8 Å². The summed E-state index contributed by atoms with van der Waals surface area (Å²) in [4.78, 5) is 23.3. The van der Waals surface area contributed by atoms with Gasteiger partial charge >= 0.3 is 6.03 Å². The molecule has 2 aromatic carbocycles. The lowest BCUT2D eigenvalue weighted by Gasteiger charge is -2.28. The smallest absolute Gasteiger partial charge is 0.324 e. The predicted octanol–water partition coefficient (Wildman–Crippen LogP) is 4.87. The summed E-state index contributed by atoms with van der Waals surface area (Å²) in [6.07, 6.45) is 5.20. The maximum absolute atomic E-state index is 12.5. The van der Waals surface area contributed by atoms with Crippen molar-refractivity contribution in [1.29, 1.82) is 0 Å². The highest BCUT2D eigenvalue weighted by molar-refractivity contribution is 6.00. The van der Waals surface area contributed by atoms with Crippen LogP contribution >= 0.6 is 0 Å². The minimum Gasteiger partial charge on any atom is -0.497 e. The first kappa shape index (κ1) is 22.2. The normalized spacial score (nSPS) is 13.2. The summed E-state index contributed by atoms with van der Waals surface area (Å²) in [7, 11) is 3.09. The van der Waals surface area contributed by atoms with Gasteiger partial charge in [0.25, 0.3) is 0 Å². The lowest BCUT2D eigenvalue weighted by Crippen LogP contribution is -2.29. The van der Waals surface area contributed by atoms with Gasteiger partial charge in [-0.3, -0.25) is 5.32 Å². The van der Waals surface area contributed by atoms with Crippen molar-refractivity contribution in [2.45, 2.75) is 19.3 Å². The first-order valence-corrected chi connectivity index (χ1v) is 10.9. The monoisotopic (exact) mass is 448 g/mol. The van der Waals surface area contributed by atoms with Gasteiger partial charge < -0.3 is 25.0 Å². The molecule has 0 spiro atoms. The number of nitrogens with one attached hydrogen (secondary N) is 3. The van der Waals surface area contributed by atoms with E-state index < -0.39 is 6.03 Å². The predicted molar refractivity (Wildman–Crippen MR) is 130 cm³/mol. The number of urea groups is 1. The molecule has 0 aliphatic carbocycles. The summed E-state index contributed by atoms with van der Waals surface area (Å²) in [6, 6.07) is 14.6. The van der Waals surface area contributed by atoms with E-state index in [0.29, 0.717) is 28.8 Å². The van der Waals surface area contributed by atoms with E-state index >= 15 is 0 Å². The molecule has 1 aliphatic rings. The molecule has 3 N–H and O–H groups in total. The van der Waals surface area contributed by atoms with Crippen LogP contribution in [-0.4, -0.2) is 43.3 Å². The number of nitrogens with zero attached hydrogens (tertiary/aromatic N) is 3. The molecule has 0 radical (unpaired) electrons. The molecule has 1 saturated heterocycles. The minimum atomic E-state index is -0.461. The van der Waals surface area contributed by atoms with Gasteiger partial charge in [-0.05, 0) is 55.7 Å². The Balaban J connectivity index is 1.38. The van der Waals surface area contributed by atoms with E-state index in [2.05, 4.69) is 43.0 Å². The number of hydrogen-bond donors (Lipinski definition) is 3. The van der Waals surface area contributed by atoms with Gasteiger partial charge in [-0.15, -0.1) is 0 Å². The van der Waals surface area contributed by atoms with Gasteiger partial charge in [-0.2, -0.15) is 0 Å². The van der Waals surface area contributed by atoms with Crippen LogP contribution in [0, 0.1) is 0 Å². The third-order valence-electron chi connectivity index (χ3n) is 5.42. The Labute approximate surface area is 193 Å². The second-order valence-corrected chi connectivity index (χ2v) is 7.65. The van der Waals surface area contributed by atoms with Gasteiger partial charge in [-0.1, -0.05) is 0 Å². The highest BCUT2D eigenvalue weighted by atomic mass is 16.5. The molecule has 2 heterocycles. The first-order valence-electron chi connectivity index (χ1n) is 10.9. The topological polar surface area (TPSA) is 101 Å². The van der Waals surface area contributed by atoms with Gasteiger partial charge in [0.15, 0.2) is 0 Å². The lowest BCUT2D eigenvalue weighted by atomic mass is 10.1. The summed E-state index contributed by atoms with van der Waals surface area (Å²) in [5, 5.41) is 8.72. The lowest BCUT2D eigenvalue weighted by molar-refractivity contribution is 0.262. The summed E-state index contributed by atoms with van der Waals surface area (Å²) in [5.41, 5.74) is 2.62. The van der Waals surface area contributed by atoms with E-state index in [9.17, 15) is 4.79 Å². The summed E-state index contributed by atoms with van der Waals surface area (Å²) < 4.78 is 10.5. The molecule has 3 aromatic rings. The highest BCUT2D eigenvalue weighted by Crippen LogP contribution is 2.29. The SMILES string of the molecule is COc1ccc(OC)c(NC(=O)Nc2cc(Nc3ccc(N4CCCCC4)cc3)ncn2)c1. The molecule has 0 saturated carbocycles. The van der Waals surface area contributed by atoms with Crippen molar-refractivity contribution in [2.75, 3.05) is 48.2 Å². The fourth-order valence-corrected chi connectivity index (χ4v) is 3.73. The fraction of sp³-hybridized carbons (Fsp3) is 0.292. The number of benzene rings is 2. The molecule has 33 heavy (non-hydrogen) atoms. The summed E-state index contributed by atoms with van der Waals surface area (Å²) in [5.74, 6) is 2.05. The molecular weight excluding hydrogens is 420 g/mol. The number of aromatic nitrogens is 2. The van der Waals surface area contributed by atoms with E-state index in [-0.39, 0.29) is 0 Å². The largest absolute Gasteiger partial charge is 0.497 e. The Morgan fingerprint density at radius 2 is 1.64 bits per heavy atom. The van der Waals surface area contributed by atoms with Crippen LogP contribution < -0.4 is 30.3 Å². The number of carbonyl (C=O) groups is 1. The Hall–Kier alpha value is -4.01. The van der Waals surface area contributed by atoms with Gasteiger partial charge in [0.05, 0.1) is 19.9 Å². The Bertz CT molecular complexity index is 1080. The molecule has 9 heteroatoms. The number of rotatable bonds is 7. The van der Waals surface area contributed by atoms with Crippen LogP contribution in [-0.2, 0) is 0 Å². The number of ether oxygens (including phenoxy) is 2. The molecule has 0 atom stereocenters. The average molecular weight is 449 g/mol. The molecule has 172 valence electrons. The van der Waals surface area contributed by atoms with Gasteiger partial charge in [0.1, 0.15) is 29.5 Å². The highest BCUT2D eigenvalue weighted by Gasteiger charge is 2.12. The van der Waals surface area contributed by atoms with Crippen molar-refractivity contribution in [1.82, 2.24) is 9.97 Å². The molecule has 9 nitrogen and oxygen atoms in total. The molecule has 1 aliphatic heterocycles. The number of hydrogen-bond acceptors (Lipinski definition) is 7. The third-order valence-corrected chi connectivity index (χ3v) is 5.42. The Morgan fingerprint density at radius 3 is 2.36 bits per heavy atom. The van der Waals surface area contributed by atoms with Crippen molar-refractivity contribution in [3.05, 3.63) is 54.9 Å².